The van der Waals surface area contributed by atoms with E-state index in [-0.39, 0.29) is 23.7 Å². The Morgan fingerprint density at radius 2 is 1.96 bits per heavy atom. The van der Waals surface area contributed by atoms with Crippen LogP contribution in [-0.2, 0) is 6.42 Å². The molecule has 2 aromatic carbocycles. The largest absolute Gasteiger partial charge is 0.508 e. The van der Waals surface area contributed by atoms with Gasteiger partial charge in [-0.15, -0.1) is 10.2 Å². The Kier molecular flexibility index (Phi) is 3.89. The van der Waals surface area contributed by atoms with Gasteiger partial charge >= 0.3 is 0 Å². The summed E-state index contributed by atoms with van der Waals surface area (Å²) >= 11 is 1.43. The molecule has 1 aliphatic rings. The van der Waals surface area contributed by atoms with E-state index in [1.807, 2.05) is 0 Å². The molecule has 0 bridgehead atoms. The third-order valence-electron chi connectivity index (χ3n) is 3.83. The minimum atomic E-state index is -0.302. The second-order valence-electron chi connectivity index (χ2n) is 5.52. The number of aromatic hydroxyl groups is 2. The lowest BCUT2D eigenvalue weighted by molar-refractivity contribution is 0.450. The highest BCUT2D eigenvalue weighted by atomic mass is 32.2. The molecule has 0 aliphatic carbocycles. The highest BCUT2D eigenvalue weighted by Gasteiger charge is 2.22. The first-order valence-corrected chi connectivity index (χ1v) is 8.51. The molecule has 1 aliphatic heterocycles. The molecule has 0 spiro atoms. The summed E-state index contributed by atoms with van der Waals surface area (Å²) in [7, 11) is 0. The van der Waals surface area contributed by atoms with Crippen LogP contribution in [0.2, 0.25) is 0 Å². The topological polar surface area (TPSA) is 83.5 Å². The fraction of sp³-hybridized carbons (Fsp3) is 0.118. The van der Waals surface area contributed by atoms with E-state index in [1.54, 1.807) is 28.9 Å². The average Bonchev–Trinajstić information content (AvgIpc) is 2.99. The van der Waals surface area contributed by atoms with Gasteiger partial charge in [0.1, 0.15) is 17.3 Å². The van der Waals surface area contributed by atoms with Gasteiger partial charge in [-0.25, -0.2) is 4.39 Å². The third kappa shape index (κ3) is 2.96. The Hall–Kier alpha value is -2.87. The van der Waals surface area contributed by atoms with Crippen LogP contribution in [0.1, 0.15) is 17.0 Å². The smallest absolute Gasteiger partial charge is 0.212 e. The first-order valence-electron chi connectivity index (χ1n) is 7.52. The van der Waals surface area contributed by atoms with E-state index in [2.05, 4.69) is 15.3 Å². The van der Waals surface area contributed by atoms with Gasteiger partial charge in [0.05, 0.1) is 5.71 Å². The zero-order chi connectivity index (χ0) is 17.4. The summed E-state index contributed by atoms with van der Waals surface area (Å²) in [6.07, 6.45) is 0.262. The number of nitrogens with zero attached hydrogens (tertiary/aromatic N) is 4. The molecule has 25 heavy (non-hydrogen) atoms. The van der Waals surface area contributed by atoms with Crippen molar-refractivity contribution in [2.24, 2.45) is 5.10 Å². The summed E-state index contributed by atoms with van der Waals surface area (Å²) in [5, 5.41) is 32.8. The number of fused-ring (bicyclic) bond motifs is 1. The van der Waals surface area contributed by atoms with Crippen molar-refractivity contribution < 1.29 is 14.6 Å². The maximum atomic E-state index is 13.9. The van der Waals surface area contributed by atoms with Crippen LogP contribution in [0.5, 0.6) is 11.5 Å². The van der Waals surface area contributed by atoms with Crippen molar-refractivity contribution in [1.29, 1.82) is 0 Å². The van der Waals surface area contributed by atoms with Gasteiger partial charge in [-0.05, 0) is 23.8 Å². The number of benzene rings is 2. The second kappa shape index (κ2) is 6.21. The van der Waals surface area contributed by atoms with Gasteiger partial charge < -0.3 is 10.2 Å². The lowest BCUT2D eigenvalue weighted by Gasteiger charge is -2.15. The van der Waals surface area contributed by atoms with Crippen molar-refractivity contribution in [1.82, 2.24) is 14.9 Å². The summed E-state index contributed by atoms with van der Waals surface area (Å²) in [6, 6.07) is 10.9. The molecule has 0 saturated heterocycles. The predicted molar refractivity (Wildman–Crippen MR) is 91.7 cm³/mol. The van der Waals surface area contributed by atoms with Gasteiger partial charge in [0, 0.05) is 23.8 Å². The number of hydrogen-bond donors (Lipinski definition) is 2. The molecule has 2 N–H and O–H groups in total. The van der Waals surface area contributed by atoms with Gasteiger partial charge in [-0.2, -0.15) is 9.78 Å². The Labute approximate surface area is 146 Å². The van der Waals surface area contributed by atoms with E-state index >= 15 is 0 Å². The minimum Gasteiger partial charge on any atom is -0.508 e. The number of thioether (sulfide) groups is 1. The lowest BCUT2D eigenvalue weighted by Crippen LogP contribution is -2.15. The van der Waals surface area contributed by atoms with Gasteiger partial charge in [-0.1, -0.05) is 30.0 Å². The molecule has 0 unspecified atom stereocenters. The van der Waals surface area contributed by atoms with Crippen LogP contribution in [0.3, 0.4) is 0 Å². The van der Waals surface area contributed by atoms with Crippen LogP contribution in [0.4, 0.5) is 4.39 Å². The van der Waals surface area contributed by atoms with Gasteiger partial charge in [-0.3, -0.25) is 0 Å². The first kappa shape index (κ1) is 15.6. The summed E-state index contributed by atoms with van der Waals surface area (Å²) in [5.74, 6) is 0.657. The number of phenols is 2. The maximum Gasteiger partial charge on any atom is 0.212 e. The highest BCUT2D eigenvalue weighted by Crippen LogP contribution is 2.29. The Balaban J connectivity index is 1.72. The third-order valence-corrected chi connectivity index (χ3v) is 4.76. The van der Waals surface area contributed by atoms with Crippen LogP contribution >= 0.6 is 11.8 Å². The Bertz CT molecular complexity index is 987. The maximum absolute atomic E-state index is 13.9. The Morgan fingerprint density at radius 3 is 2.76 bits per heavy atom. The van der Waals surface area contributed by atoms with Crippen LogP contribution < -0.4 is 0 Å². The molecule has 126 valence electrons. The van der Waals surface area contributed by atoms with Crippen LogP contribution in [0.15, 0.2) is 52.7 Å². The molecular formula is C17H13FN4O2S. The number of aromatic nitrogens is 3. The monoisotopic (exact) mass is 356 g/mol. The first-order chi connectivity index (χ1) is 12.1. The SMILES string of the molecule is Oc1ccc(C2=Nn3c(Cc4ccccc4F)nnc3SC2)c(O)c1. The van der Waals surface area contributed by atoms with Crippen LogP contribution in [0, 0.1) is 5.82 Å². The van der Waals surface area contributed by atoms with E-state index in [0.29, 0.717) is 33.6 Å². The zero-order valence-electron chi connectivity index (χ0n) is 12.9. The molecule has 0 radical (unpaired) electrons. The van der Waals surface area contributed by atoms with Gasteiger partial charge in [0.15, 0.2) is 5.82 Å². The van der Waals surface area contributed by atoms with E-state index in [4.69, 9.17) is 0 Å². The fourth-order valence-electron chi connectivity index (χ4n) is 2.59. The molecule has 2 heterocycles. The van der Waals surface area contributed by atoms with Gasteiger partial charge in [0.2, 0.25) is 5.16 Å². The molecule has 0 amide bonds. The molecule has 0 atom stereocenters. The molecular weight excluding hydrogens is 343 g/mol. The molecule has 8 heteroatoms. The highest BCUT2D eigenvalue weighted by molar-refractivity contribution is 7.99. The number of hydrogen-bond acceptors (Lipinski definition) is 6. The van der Waals surface area contributed by atoms with Crippen molar-refractivity contribution >= 4 is 17.5 Å². The zero-order valence-corrected chi connectivity index (χ0v) is 13.7. The average molecular weight is 356 g/mol. The number of halogens is 1. The van der Waals surface area contributed by atoms with Crippen molar-refractivity contribution in [2.75, 3.05) is 5.75 Å². The predicted octanol–water partition coefficient (Wildman–Crippen LogP) is 2.78. The molecule has 4 rings (SSSR count). The van der Waals surface area contributed by atoms with Crippen LogP contribution in [0.25, 0.3) is 0 Å². The van der Waals surface area contributed by atoms with E-state index in [9.17, 15) is 14.6 Å². The van der Waals surface area contributed by atoms with E-state index < -0.39 is 0 Å². The van der Waals surface area contributed by atoms with Crippen LogP contribution in [-0.4, -0.2) is 36.6 Å². The molecule has 1 aromatic heterocycles. The molecule has 6 nitrogen and oxygen atoms in total. The van der Waals surface area contributed by atoms with Crippen molar-refractivity contribution in [3.63, 3.8) is 0 Å². The minimum absolute atomic E-state index is 0.0180. The summed E-state index contributed by atoms with van der Waals surface area (Å²) < 4.78 is 15.5. The normalized spacial score (nSPS) is 13.4. The Morgan fingerprint density at radius 1 is 1.12 bits per heavy atom. The summed E-state index contributed by atoms with van der Waals surface area (Å²) in [6.45, 7) is 0. The van der Waals surface area contributed by atoms with Crippen molar-refractivity contribution in [2.45, 2.75) is 11.6 Å². The summed E-state index contributed by atoms with van der Waals surface area (Å²) in [5.41, 5.74) is 1.67. The molecule has 0 fully saturated rings. The lowest BCUT2D eigenvalue weighted by atomic mass is 10.1. The number of rotatable bonds is 3. The molecule has 3 aromatic rings. The quantitative estimate of drug-likeness (QED) is 0.754. The van der Waals surface area contributed by atoms with Crippen molar-refractivity contribution in [3.8, 4) is 11.5 Å². The fourth-order valence-corrected chi connectivity index (χ4v) is 3.43. The number of phenolic OH excluding ortho intramolecular Hbond substituents is 2. The van der Waals surface area contributed by atoms with Crippen molar-refractivity contribution in [3.05, 3.63) is 65.2 Å². The summed E-state index contributed by atoms with van der Waals surface area (Å²) in [4.78, 5) is 0. The molecule has 0 saturated carbocycles. The standard InChI is InChI=1S/C17H13FN4O2S/c18-13-4-2-1-3-10(13)7-16-19-20-17-22(16)21-14(9-25-17)12-6-5-11(23)8-15(12)24/h1-6,8,23-24H,7,9H2. The second-order valence-corrected chi connectivity index (χ2v) is 6.46. The van der Waals surface area contributed by atoms with Gasteiger partial charge in [0.25, 0.3) is 0 Å². The van der Waals surface area contributed by atoms with E-state index in [0.717, 1.165) is 0 Å². The van der Waals surface area contributed by atoms with E-state index in [1.165, 1.54) is 30.0 Å².